The lowest BCUT2D eigenvalue weighted by atomic mass is 10.2. The van der Waals surface area contributed by atoms with Crippen LogP contribution in [0.3, 0.4) is 0 Å². The van der Waals surface area contributed by atoms with Crippen molar-refractivity contribution in [2.24, 2.45) is 0 Å². The molecule has 4 nitrogen and oxygen atoms in total. The van der Waals surface area contributed by atoms with Crippen LogP contribution in [0.25, 0.3) is 0 Å². The van der Waals surface area contributed by atoms with E-state index in [9.17, 15) is 4.79 Å². The molecule has 1 atom stereocenters. The molecule has 17 heavy (non-hydrogen) atoms. The minimum Gasteiger partial charge on any atom is -0.478 e. The van der Waals surface area contributed by atoms with Crippen LogP contribution in [-0.4, -0.2) is 22.1 Å². The predicted molar refractivity (Wildman–Crippen MR) is 68.5 cm³/mol. The third kappa shape index (κ3) is 3.90. The van der Waals surface area contributed by atoms with E-state index in [1.54, 1.807) is 12.1 Å². The molecule has 1 aromatic rings. The first-order valence-corrected chi connectivity index (χ1v) is 5.68. The van der Waals surface area contributed by atoms with E-state index in [0.717, 1.165) is 12.1 Å². The highest BCUT2D eigenvalue weighted by atomic mass is 16.4. The van der Waals surface area contributed by atoms with E-state index in [1.165, 1.54) is 0 Å². The van der Waals surface area contributed by atoms with Gasteiger partial charge in [0.2, 0.25) is 0 Å². The normalized spacial score (nSPS) is 11.9. The first-order valence-electron chi connectivity index (χ1n) is 5.68. The summed E-state index contributed by atoms with van der Waals surface area (Å²) in [6, 6.07) is 3.35. The van der Waals surface area contributed by atoms with Crippen LogP contribution in [0.15, 0.2) is 24.8 Å². The van der Waals surface area contributed by atoms with E-state index in [4.69, 9.17) is 5.11 Å². The highest BCUT2D eigenvalue weighted by molar-refractivity contribution is 5.88. The van der Waals surface area contributed by atoms with Crippen LogP contribution < -0.4 is 5.32 Å². The molecule has 92 valence electrons. The third-order valence-electron chi connectivity index (χ3n) is 2.40. The van der Waals surface area contributed by atoms with Gasteiger partial charge in [-0.15, -0.1) is 6.58 Å². The summed E-state index contributed by atoms with van der Waals surface area (Å²) in [6.45, 7) is 7.62. The maximum absolute atomic E-state index is 11.0. The summed E-state index contributed by atoms with van der Waals surface area (Å²) in [5.41, 5.74) is 1.04. The highest BCUT2D eigenvalue weighted by Gasteiger charge is 2.09. The zero-order valence-electron chi connectivity index (χ0n) is 10.2. The fourth-order valence-corrected chi connectivity index (χ4v) is 1.53. The van der Waals surface area contributed by atoms with Crippen molar-refractivity contribution in [2.75, 3.05) is 5.32 Å². The molecule has 0 radical (unpaired) electrons. The highest BCUT2D eigenvalue weighted by Crippen LogP contribution is 2.13. The van der Waals surface area contributed by atoms with Crippen LogP contribution in [0.1, 0.15) is 36.3 Å². The van der Waals surface area contributed by atoms with Crippen LogP contribution in [0.4, 0.5) is 5.82 Å². The molecule has 2 N–H and O–H groups in total. The monoisotopic (exact) mass is 234 g/mol. The number of aryl methyl sites for hydroxylation is 1. The molecule has 0 aromatic carbocycles. The van der Waals surface area contributed by atoms with Gasteiger partial charge in [-0.05, 0) is 31.9 Å². The Morgan fingerprint density at radius 2 is 2.35 bits per heavy atom. The first kappa shape index (κ1) is 13.2. The fraction of sp³-hybridized carbons (Fsp3) is 0.385. The van der Waals surface area contributed by atoms with Crippen molar-refractivity contribution in [3.8, 4) is 0 Å². The second-order valence-corrected chi connectivity index (χ2v) is 3.96. The summed E-state index contributed by atoms with van der Waals surface area (Å²) in [5.74, 6) is -0.322. The van der Waals surface area contributed by atoms with E-state index < -0.39 is 5.97 Å². The van der Waals surface area contributed by atoms with Gasteiger partial charge in [0, 0.05) is 11.7 Å². The topological polar surface area (TPSA) is 62.2 Å². The summed E-state index contributed by atoms with van der Waals surface area (Å²) in [7, 11) is 0. The van der Waals surface area contributed by atoms with Crippen molar-refractivity contribution < 1.29 is 9.90 Å². The number of carboxylic acid groups (broad SMARTS) is 1. The minimum absolute atomic E-state index is 0.189. The molecule has 0 aliphatic rings. The van der Waals surface area contributed by atoms with Gasteiger partial charge >= 0.3 is 5.97 Å². The molecule has 0 bridgehead atoms. The fourth-order valence-electron chi connectivity index (χ4n) is 1.53. The SMILES string of the molecule is C=CCC(C)Nc1cc(C(=O)O)cc(CC)n1. The number of carbonyl (C=O) groups is 1. The Morgan fingerprint density at radius 1 is 1.65 bits per heavy atom. The van der Waals surface area contributed by atoms with Gasteiger partial charge in [0.1, 0.15) is 5.82 Å². The molecule has 0 saturated carbocycles. The first-order chi connectivity index (χ1) is 8.06. The summed E-state index contributed by atoms with van der Waals surface area (Å²) >= 11 is 0. The van der Waals surface area contributed by atoms with Crippen LogP contribution in [0.5, 0.6) is 0 Å². The number of aromatic nitrogens is 1. The second kappa shape index (κ2) is 6.03. The second-order valence-electron chi connectivity index (χ2n) is 3.96. The van der Waals surface area contributed by atoms with Gasteiger partial charge in [-0.2, -0.15) is 0 Å². The van der Waals surface area contributed by atoms with Crippen LogP contribution in [-0.2, 0) is 6.42 Å². The summed E-state index contributed by atoms with van der Waals surface area (Å²) in [4.78, 5) is 15.3. The van der Waals surface area contributed by atoms with Crippen LogP contribution in [0.2, 0.25) is 0 Å². The standard InChI is InChI=1S/C13H18N2O2/c1-4-6-9(3)14-12-8-10(13(16)17)7-11(5-2)15-12/h4,7-9H,1,5-6H2,2-3H3,(H,14,15)(H,16,17). The molecule has 1 rings (SSSR count). The van der Waals surface area contributed by atoms with Crippen molar-refractivity contribution in [3.05, 3.63) is 36.0 Å². The quantitative estimate of drug-likeness (QED) is 0.743. The number of anilines is 1. The lowest BCUT2D eigenvalue weighted by Crippen LogP contribution is -2.16. The van der Waals surface area contributed by atoms with E-state index in [2.05, 4.69) is 16.9 Å². The largest absolute Gasteiger partial charge is 0.478 e. The number of rotatable bonds is 6. The van der Waals surface area contributed by atoms with Gasteiger partial charge in [-0.3, -0.25) is 0 Å². The van der Waals surface area contributed by atoms with E-state index >= 15 is 0 Å². The Balaban J connectivity index is 2.94. The maximum Gasteiger partial charge on any atom is 0.335 e. The van der Waals surface area contributed by atoms with Gasteiger partial charge in [-0.1, -0.05) is 13.0 Å². The number of nitrogens with one attached hydrogen (secondary N) is 1. The van der Waals surface area contributed by atoms with E-state index in [-0.39, 0.29) is 11.6 Å². The van der Waals surface area contributed by atoms with Gasteiger partial charge < -0.3 is 10.4 Å². The lowest BCUT2D eigenvalue weighted by Gasteiger charge is -2.13. The summed E-state index contributed by atoms with van der Waals surface area (Å²) in [5, 5.41) is 12.2. The van der Waals surface area contributed by atoms with Crippen molar-refractivity contribution in [1.29, 1.82) is 0 Å². The molecule has 0 aliphatic heterocycles. The Kier molecular flexibility index (Phi) is 4.69. The number of hydrogen-bond acceptors (Lipinski definition) is 3. The summed E-state index contributed by atoms with van der Waals surface area (Å²) < 4.78 is 0. The molecule has 4 heteroatoms. The summed E-state index contributed by atoms with van der Waals surface area (Å²) in [6.07, 6.45) is 3.34. The average Bonchev–Trinajstić information content (AvgIpc) is 2.28. The Hall–Kier alpha value is -1.84. The Bertz CT molecular complexity index is 416. The zero-order valence-corrected chi connectivity index (χ0v) is 10.2. The average molecular weight is 234 g/mol. The smallest absolute Gasteiger partial charge is 0.335 e. The van der Waals surface area contributed by atoms with Gasteiger partial charge in [-0.25, -0.2) is 9.78 Å². The van der Waals surface area contributed by atoms with Crippen LogP contribution >= 0.6 is 0 Å². The number of nitrogens with zero attached hydrogens (tertiary/aromatic N) is 1. The predicted octanol–water partition coefficient (Wildman–Crippen LogP) is 2.72. The molecular weight excluding hydrogens is 216 g/mol. The molecule has 0 spiro atoms. The number of hydrogen-bond donors (Lipinski definition) is 2. The molecule has 0 saturated heterocycles. The zero-order chi connectivity index (χ0) is 12.8. The van der Waals surface area contributed by atoms with Gasteiger partial charge in [0.25, 0.3) is 0 Å². The Morgan fingerprint density at radius 3 is 2.88 bits per heavy atom. The van der Waals surface area contributed by atoms with Gasteiger partial charge in [0.05, 0.1) is 5.56 Å². The molecule has 0 fully saturated rings. The molecule has 1 unspecified atom stereocenters. The van der Waals surface area contributed by atoms with Crippen LogP contribution in [0, 0.1) is 0 Å². The van der Waals surface area contributed by atoms with E-state index in [1.807, 2.05) is 19.9 Å². The van der Waals surface area contributed by atoms with Crippen molar-refractivity contribution in [1.82, 2.24) is 4.98 Å². The molecule has 1 heterocycles. The number of pyridine rings is 1. The van der Waals surface area contributed by atoms with Crippen molar-refractivity contribution in [3.63, 3.8) is 0 Å². The minimum atomic E-state index is -0.929. The molecule has 1 aromatic heterocycles. The number of aromatic carboxylic acids is 1. The Labute approximate surface area is 101 Å². The molecule has 0 aliphatic carbocycles. The van der Waals surface area contributed by atoms with Crippen molar-refractivity contribution >= 4 is 11.8 Å². The van der Waals surface area contributed by atoms with Gasteiger partial charge in [0.15, 0.2) is 0 Å². The molecular formula is C13H18N2O2. The van der Waals surface area contributed by atoms with E-state index in [0.29, 0.717) is 12.2 Å². The number of carboxylic acids is 1. The van der Waals surface area contributed by atoms with Crippen molar-refractivity contribution in [2.45, 2.75) is 32.7 Å². The maximum atomic E-state index is 11.0. The third-order valence-corrected chi connectivity index (χ3v) is 2.40. The molecule has 0 amide bonds. The lowest BCUT2D eigenvalue weighted by molar-refractivity contribution is 0.0696.